The van der Waals surface area contributed by atoms with Gasteiger partial charge in [-0.25, -0.2) is 0 Å². The van der Waals surface area contributed by atoms with Gasteiger partial charge in [0, 0.05) is 16.0 Å². The Morgan fingerprint density at radius 3 is 2.79 bits per heavy atom. The van der Waals surface area contributed by atoms with Crippen molar-refractivity contribution in [2.75, 3.05) is 26.2 Å². The molecule has 0 unspecified atom stereocenters. The second-order valence-corrected chi connectivity index (χ2v) is 6.46. The summed E-state index contributed by atoms with van der Waals surface area (Å²) in [6, 6.07) is 5.93. The van der Waals surface area contributed by atoms with Crippen LogP contribution in [0.4, 0.5) is 0 Å². The van der Waals surface area contributed by atoms with Crippen LogP contribution < -0.4 is 5.32 Å². The second-order valence-electron chi connectivity index (χ2n) is 5.17. The van der Waals surface area contributed by atoms with Gasteiger partial charge in [0.2, 0.25) is 0 Å². The third-order valence-corrected chi connectivity index (χ3v) is 4.61. The van der Waals surface area contributed by atoms with Crippen LogP contribution >= 0.6 is 27.5 Å². The van der Waals surface area contributed by atoms with Gasteiger partial charge in [-0.15, -0.1) is 0 Å². The molecule has 0 radical (unpaired) electrons. The summed E-state index contributed by atoms with van der Waals surface area (Å²) in [6.07, 6.45) is 5.39. The molecule has 106 valence electrons. The van der Waals surface area contributed by atoms with Gasteiger partial charge in [-0.1, -0.05) is 34.0 Å². The van der Waals surface area contributed by atoms with E-state index in [1.807, 2.05) is 18.2 Å². The summed E-state index contributed by atoms with van der Waals surface area (Å²) in [5.41, 5.74) is 1.23. The number of piperidine rings is 1. The van der Waals surface area contributed by atoms with E-state index in [1.165, 1.54) is 50.9 Å². The fourth-order valence-electron chi connectivity index (χ4n) is 2.51. The lowest BCUT2D eigenvalue weighted by Gasteiger charge is -2.26. The summed E-state index contributed by atoms with van der Waals surface area (Å²) in [7, 11) is 0. The van der Waals surface area contributed by atoms with Crippen LogP contribution in [0.5, 0.6) is 0 Å². The predicted molar refractivity (Wildman–Crippen MR) is 85.8 cm³/mol. The quantitative estimate of drug-likeness (QED) is 0.782. The highest BCUT2D eigenvalue weighted by Gasteiger charge is 2.08. The van der Waals surface area contributed by atoms with E-state index < -0.39 is 0 Å². The SMILES string of the molecule is Clc1ccc(Br)c(CNCCCN2CCCCC2)c1. The molecule has 1 aromatic rings. The van der Waals surface area contributed by atoms with E-state index in [2.05, 4.69) is 26.1 Å². The number of nitrogens with one attached hydrogen (secondary N) is 1. The van der Waals surface area contributed by atoms with Crippen molar-refractivity contribution in [2.24, 2.45) is 0 Å². The Hall–Kier alpha value is -0.0900. The highest BCUT2D eigenvalue weighted by molar-refractivity contribution is 9.10. The lowest BCUT2D eigenvalue weighted by molar-refractivity contribution is 0.225. The van der Waals surface area contributed by atoms with E-state index in [4.69, 9.17) is 11.6 Å². The van der Waals surface area contributed by atoms with E-state index >= 15 is 0 Å². The number of hydrogen-bond acceptors (Lipinski definition) is 2. The fourth-order valence-corrected chi connectivity index (χ4v) is 3.09. The molecule has 0 saturated carbocycles. The molecular formula is C15H22BrClN2. The number of halogens is 2. The van der Waals surface area contributed by atoms with Crippen LogP contribution in [0, 0.1) is 0 Å². The topological polar surface area (TPSA) is 15.3 Å². The zero-order valence-electron chi connectivity index (χ0n) is 11.3. The Labute approximate surface area is 129 Å². The highest BCUT2D eigenvalue weighted by atomic mass is 79.9. The Morgan fingerprint density at radius 1 is 1.21 bits per heavy atom. The van der Waals surface area contributed by atoms with Crippen molar-refractivity contribution in [3.63, 3.8) is 0 Å². The van der Waals surface area contributed by atoms with Gasteiger partial charge in [-0.3, -0.25) is 0 Å². The van der Waals surface area contributed by atoms with Gasteiger partial charge in [0.25, 0.3) is 0 Å². The molecule has 0 aliphatic carbocycles. The van der Waals surface area contributed by atoms with Crippen molar-refractivity contribution in [3.05, 3.63) is 33.3 Å². The van der Waals surface area contributed by atoms with Crippen LogP contribution in [0.25, 0.3) is 0 Å². The van der Waals surface area contributed by atoms with Crippen LogP contribution in [0.3, 0.4) is 0 Å². The van der Waals surface area contributed by atoms with E-state index in [1.54, 1.807) is 0 Å². The lowest BCUT2D eigenvalue weighted by atomic mass is 10.1. The fraction of sp³-hybridized carbons (Fsp3) is 0.600. The number of nitrogens with zero attached hydrogens (tertiary/aromatic N) is 1. The molecule has 1 fully saturated rings. The molecule has 0 spiro atoms. The molecule has 1 aliphatic heterocycles. The van der Waals surface area contributed by atoms with Gasteiger partial charge in [0.15, 0.2) is 0 Å². The van der Waals surface area contributed by atoms with E-state index in [9.17, 15) is 0 Å². The normalized spacial score (nSPS) is 16.7. The van der Waals surface area contributed by atoms with E-state index in [-0.39, 0.29) is 0 Å². The first kappa shape index (κ1) is 15.3. The molecule has 0 aromatic heterocycles. The van der Waals surface area contributed by atoms with Crippen LogP contribution in [0.1, 0.15) is 31.2 Å². The smallest absolute Gasteiger partial charge is 0.0410 e. The van der Waals surface area contributed by atoms with Crippen molar-refractivity contribution in [1.82, 2.24) is 10.2 Å². The molecule has 0 bridgehead atoms. The maximum atomic E-state index is 6.00. The lowest BCUT2D eigenvalue weighted by Crippen LogP contribution is -2.32. The molecule has 4 heteroatoms. The molecule has 0 amide bonds. The van der Waals surface area contributed by atoms with Gasteiger partial charge in [0.1, 0.15) is 0 Å². The second kappa shape index (κ2) is 8.25. The molecule has 1 N–H and O–H groups in total. The van der Waals surface area contributed by atoms with Gasteiger partial charge in [0.05, 0.1) is 0 Å². The molecule has 2 nitrogen and oxygen atoms in total. The number of likely N-dealkylation sites (tertiary alicyclic amines) is 1. The molecule has 2 rings (SSSR count). The molecule has 1 aromatic carbocycles. The highest BCUT2D eigenvalue weighted by Crippen LogP contribution is 2.20. The Kier molecular flexibility index (Phi) is 6.65. The summed E-state index contributed by atoms with van der Waals surface area (Å²) >= 11 is 9.56. The molecule has 1 aliphatic rings. The van der Waals surface area contributed by atoms with Crippen molar-refractivity contribution in [1.29, 1.82) is 0 Å². The van der Waals surface area contributed by atoms with E-state index in [0.29, 0.717) is 0 Å². The van der Waals surface area contributed by atoms with Crippen molar-refractivity contribution in [3.8, 4) is 0 Å². The minimum Gasteiger partial charge on any atom is -0.313 e. The van der Waals surface area contributed by atoms with Gasteiger partial charge in [-0.05, 0) is 69.2 Å². The number of rotatable bonds is 6. The maximum Gasteiger partial charge on any atom is 0.0410 e. The van der Waals surface area contributed by atoms with Crippen LogP contribution in [-0.4, -0.2) is 31.1 Å². The molecular weight excluding hydrogens is 324 g/mol. The van der Waals surface area contributed by atoms with Crippen molar-refractivity contribution >= 4 is 27.5 Å². The first-order valence-corrected chi connectivity index (χ1v) is 8.30. The standard InChI is InChI=1S/C15H22BrClN2/c16-15-6-5-14(17)11-13(15)12-18-7-4-10-19-8-2-1-3-9-19/h5-6,11,18H,1-4,7-10,12H2. The average molecular weight is 346 g/mol. The van der Waals surface area contributed by atoms with Crippen LogP contribution in [0.2, 0.25) is 5.02 Å². The first-order valence-electron chi connectivity index (χ1n) is 7.13. The number of benzene rings is 1. The summed E-state index contributed by atoms with van der Waals surface area (Å²) in [4.78, 5) is 2.58. The van der Waals surface area contributed by atoms with Gasteiger partial charge < -0.3 is 10.2 Å². The number of hydrogen-bond donors (Lipinski definition) is 1. The molecule has 19 heavy (non-hydrogen) atoms. The van der Waals surface area contributed by atoms with Crippen LogP contribution in [-0.2, 0) is 6.54 Å². The summed E-state index contributed by atoms with van der Waals surface area (Å²) in [5.74, 6) is 0. The summed E-state index contributed by atoms with van der Waals surface area (Å²) < 4.78 is 1.13. The molecule has 0 atom stereocenters. The average Bonchev–Trinajstić information content (AvgIpc) is 2.43. The first-order chi connectivity index (χ1) is 9.25. The third kappa shape index (κ3) is 5.42. The Morgan fingerprint density at radius 2 is 2.00 bits per heavy atom. The molecule has 1 saturated heterocycles. The summed E-state index contributed by atoms with van der Waals surface area (Å²) in [5, 5.41) is 4.29. The third-order valence-electron chi connectivity index (χ3n) is 3.60. The predicted octanol–water partition coefficient (Wildman–Crippen LogP) is 4.07. The maximum absolute atomic E-state index is 6.00. The van der Waals surface area contributed by atoms with Crippen LogP contribution in [0.15, 0.2) is 22.7 Å². The minimum atomic E-state index is 0.799. The summed E-state index contributed by atoms with van der Waals surface area (Å²) in [6.45, 7) is 5.75. The van der Waals surface area contributed by atoms with Crippen molar-refractivity contribution in [2.45, 2.75) is 32.2 Å². The minimum absolute atomic E-state index is 0.799. The monoisotopic (exact) mass is 344 g/mol. The largest absolute Gasteiger partial charge is 0.313 e. The van der Waals surface area contributed by atoms with Gasteiger partial charge >= 0.3 is 0 Å². The Bertz CT molecular complexity index is 392. The zero-order chi connectivity index (χ0) is 13.5. The molecule has 1 heterocycles. The van der Waals surface area contributed by atoms with E-state index in [0.717, 1.165) is 22.6 Å². The zero-order valence-corrected chi connectivity index (χ0v) is 13.6. The Balaban J connectivity index is 1.62. The van der Waals surface area contributed by atoms with Gasteiger partial charge in [-0.2, -0.15) is 0 Å². The van der Waals surface area contributed by atoms with Crippen molar-refractivity contribution < 1.29 is 0 Å².